The van der Waals surface area contributed by atoms with E-state index in [1.54, 1.807) is 0 Å². The standard InChI is InChI=1S/C15H24N2O/c1-3-18-15-11-12(2)6-7-14(15)17-13-5-4-9-16-10-8-13/h6-7,11,13,16-17H,3-5,8-10H2,1-2H3. The normalized spacial score (nSPS) is 20.2. The molecule has 0 amide bonds. The van der Waals surface area contributed by atoms with Crippen molar-refractivity contribution < 1.29 is 4.74 Å². The number of nitrogens with one attached hydrogen (secondary N) is 2. The largest absolute Gasteiger partial charge is 0.492 e. The van der Waals surface area contributed by atoms with E-state index >= 15 is 0 Å². The Hall–Kier alpha value is -1.22. The van der Waals surface area contributed by atoms with Gasteiger partial charge in [-0.15, -0.1) is 0 Å². The minimum atomic E-state index is 0.557. The average molecular weight is 248 g/mol. The molecule has 3 heteroatoms. The van der Waals surface area contributed by atoms with Crippen molar-refractivity contribution in [2.24, 2.45) is 0 Å². The van der Waals surface area contributed by atoms with Crippen LogP contribution in [0.3, 0.4) is 0 Å². The maximum absolute atomic E-state index is 5.71. The second-order valence-corrected chi connectivity index (χ2v) is 4.95. The van der Waals surface area contributed by atoms with Crippen molar-refractivity contribution in [1.82, 2.24) is 5.32 Å². The van der Waals surface area contributed by atoms with Crippen molar-refractivity contribution in [3.63, 3.8) is 0 Å². The van der Waals surface area contributed by atoms with Crippen LogP contribution in [-0.2, 0) is 0 Å². The Kier molecular flexibility index (Phi) is 4.88. The van der Waals surface area contributed by atoms with Crippen molar-refractivity contribution in [2.75, 3.05) is 25.0 Å². The zero-order valence-corrected chi connectivity index (χ0v) is 11.5. The third-order valence-corrected chi connectivity index (χ3v) is 3.37. The first-order valence-electron chi connectivity index (χ1n) is 7.00. The highest BCUT2D eigenvalue weighted by atomic mass is 16.5. The molecule has 100 valence electrons. The lowest BCUT2D eigenvalue weighted by molar-refractivity contribution is 0.341. The first-order valence-corrected chi connectivity index (χ1v) is 7.00. The maximum Gasteiger partial charge on any atom is 0.142 e. The monoisotopic (exact) mass is 248 g/mol. The van der Waals surface area contributed by atoms with Crippen molar-refractivity contribution in [3.8, 4) is 5.75 Å². The summed E-state index contributed by atoms with van der Waals surface area (Å²) in [5.74, 6) is 0.981. The fourth-order valence-corrected chi connectivity index (χ4v) is 2.41. The molecule has 1 aliphatic rings. The van der Waals surface area contributed by atoms with E-state index < -0.39 is 0 Å². The first kappa shape index (κ1) is 13.2. The Bertz CT molecular complexity index is 371. The fourth-order valence-electron chi connectivity index (χ4n) is 2.41. The highest BCUT2D eigenvalue weighted by Crippen LogP contribution is 2.27. The summed E-state index contributed by atoms with van der Waals surface area (Å²) in [6.07, 6.45) is 3.65. The van der Waals surface area contributed by atoms with Gasteiger partial charge in [-0.05, 0) is 63.9 Å². The van der Waals surface area contributed by atoms with Crippen LogP contribution in [-0.4, -0.2) is 25.7 Å². The third-order valence-electron chi connectivity index (χ3n) is 3.37. The van der Waals surface area contributed by atoms with Crippen molar-refractivity contribution in [1.29, 1.82) is 0 Å². The summed E-state index contributed by atoms with van der Waals surface area (Å²) in [5.41, 5.74) is 2.38. The second-order valence-electron chi connectivity index (χ2n) is 4.95. The van der Waals surface area contributed by atoms with Crippen LogP contribution in [0.4, 0.5) is 5.69 Å². The topological polar surface area (TPSA) is 33.3 Å². The molecule has 0 radical (unpaired) electrons. The zero-order valence-electron chi connectivity index (χ0n) is 11.5. The van der Waals surface area contributed by atoms with Gasteiger partial charge in [0, 0.05) is 6.04 Å². The molecule has 0 aromatic heterocycles. The number of aryl methyl sites for hydroxylation is 1. The molecule has 0 saturated carbocycles. The van der Waals surface area contributed by atoms with Crippen molar-refractivity contribution in [3.05, 3.63) is 23.8 Å². The van der Waals surface area contributed by atoms with E-state index in [0.717, 1.165) is 24.5 Å². The predicted octanol–water partition coefficient (Wildman–Crippen LogP) is 2.95. The van der Waals surface area contributed by atoms with Gasteiger partial charge in [0.15, 0.2) is 0 Å². The van der Waals surface area contributed by atoms with Gasteiger partial charge in [0.25, 0.3) is 0 Å². The second kappa shape index (κ2) is 6.64. The lowest BCUT2D eigenvalue weighted by Gasteiger charge is -2.20. The minimum absolute atomic E-state index is 0.557. The molecular weight excluding hydrogens is 224 g/mol. The Balaban J connectivity index is 2.06. The Morgan fingerprint density at radius 3 is 3.06 bits per heavy atom. The number of rotatable bonds is 4. The van der Waals surface area contributed by atoms with Gasteiger partial charge in [0.05, 0.1) is 12.3 Å². The highest BCUT2D eigenvalue weighted by molar-refractivity contribution is 5.58. The number of hydrogen-bond donors (Lipinski definition) is 2. The van der Waals surface area contributed by atoms with Crippen LogP contribution < -0.4 is 15.4 Å². The minimum Gasteiger partial charge on any atom is -0.492 e. The van der Waals surface area contributed by atoms with Crippen LogP contribution in [0.15, 0.2) is 18.2 Å². The third kappa shape index (κ3) is 3.64. The molecule has 1 fully saturated rings. The molecule has 1 heterocycles. The van der Waals surface area contributed by atoms with Gasteiger partial charge in [-0.3, -0.25) is 0 Å². The molecule has 18 heavy (non-hydrogen) atoms. The highest BCUT2D eigenvalue weighted by Gasteiger charge is 2.13. The summed E-state index contributed by atoms with van der Waals surface area (Å²) in [5, 5.41) is 7.08. The molecule has 1 unspecified atom stereocenters. The molecule has 1 aromatic carbocycles. The number of ether oxygens (including phenoxy) is 1. The quantitative estimate of drug-likeness (QED) is 0.859. The lowest BCUT2D eigenvalue weighted by atomic mass is 10.1. The number of hydrogen-bond acceptors (Lipinski definition) is 3. The van der Waals surface area contributed by atoms with Crippen LogP contribution in [0.25, 0.3) is 0 Å². The average Bonchev–Trinajstić information content (AvgIpc) is 2.61. The molecule has 0 bridgehead atoms. The molecule has 0 spiro atoms. The van der Waals surface area contributed by atoms with Crippen LogP contribution in [0.5, 0.6) is 5.75 Å². The Morgan fingerprint density at radius 1 is 1.33 bits per heavy atom. The van der Waals surface area contributed by atoms with Gasteiger partial charge in [-0.1, -0.05) is 6.07 Å². The van der Waals surface area contributed by atoms with Gasteiger partial charge >= 0.3 is 0 Å². The van der Waals surface area contributed by atoms with Crippen LogP contribution in [0.2, 0.25) is 0 Å². The molecule has 0 aliphatic carbocycles. The van der Waals surface area contributed by atoms with Gasteiger partial charge in [0.1, 0.15) is 5.75 Å². The summed E-state index contributed by atoms with van der Waals surface area (Å²) in [7, 11) is 0. The first-order chi connectivity index (χ1) is 8.79. The van der Waals surface area contributed by atoms with E-state index in [-0.39, 0.29) is 0 Å². The van der Waals surface area contributed by atoms with E-state index in [1.165, 1.54) is 24.8 Å². The SMILES string of the molecule is CCOc1cc(C)ccc1NC1CCCNCC1. The van der Waals surface area contributed by atoms with Gasteiger partial charge < -0.3 is 15.4 Å². The Labute approximate surface area is 110 Å². The van der Waals surface area contributed by atoms with E-state index in [1.807, 2.05) is 6.92 Å². The number of anilines is 1. The van der Waals surface area contributed by atoms with Crippen LogP contribution in [0, 0.1) is 6.92 Å². The Morgan fingerprint density at radius 2 is 2.22 bits per heavy atom. The van der Waals surface area contributed by atoms with Crippen LogP contribution >= 0.6 is 0 Å². The molecule has 3 nitrogen and oxygen atoms in total. The molecular formula is C15H24N2O. The molecule has 2 rings (SSSR count). The van der Waals surface area contributed by atoms with E-state index in [9.17, 15) is 0 Å². The lowest BCUT2D eigenvalue weighted by Crippen LogP contribution is -2.21. The van der Waals surface area contributed by atoms with E-state index in [4.69, 9.17) is 4.74 Å². The van der Waals surface area contributed by atoms with Crippen molar-refractivity contribution >= 4 is 5.69 Å². The number of benzene rings is 1. The molecule has 2 N–H and O–H groups in total. The van der Waals surface area contributed by atoms with Crippen molar-refractivity contribution in [2.45, 2.75) is 39.2 Å². The summed E-state index contributed by atoms with van der Waals surface area (Å²) in [4.78, 5) is 0. The predicted molar refractivity (Wildman–Crippen MR) is 76.5 cm³/mol. The summed E-state index contributed by atoms with van der Waals surface area (Å²) in [6, 6.07) is 6.95. The zero-order chi connectivity index (χ0) is 12.8. The van der Waals surface area contributed by atoms with E-state index in [0.29, 0.717) is 12.6 Å². The van der Waals surface area contributed by atoms with Gasteiger partial charge in [-0.25, -0.2) is 0 Å². The summed E-state index contributed by atoms with van der Waals surface area (Å²) >= 11 is 0. The van der Waals surface area contributed by atoms with Gasteiger partial charge in [-0.2, -0.15) is 0 Å². The fraction of sp³-hybridized carbons (Fsp3) is 0.600. The van der Waals surface area contributed by atoms with E-state index in [2.05, 4.69) is 35.8 Å². The van der Waals surface area contributed by atoms with Crippen LogP contribution in [0.1, 0.15) is 31.7 Å². The van der Waals surface area contributed by atoms with Gasteiger partial charge in [0.2, 0.25) is 0 Å². The molecule has 1 aromatic rings. The molecule has 1 atom stereocenters. The maximum atomic E-state index is 5.71. The summed E-state index contributed by atoms with van der Waals surface area (Å²) < 4.78 is 5.71. The summed E-state index contributed by atoms with van der Waals surface area (Å²) in [6.45, 7) is 7.09. The smallest absolute Gasteiger partial charge is 0.142 e. The molecule has 1 saturated heterocycles. The molecule has 1 aliphatic heterocycles.